The van der Waals surface area contributed by atoms with Crippen molar-refractivity contribution in [3.05, 3.63) is 16.0 Å². The molecule has 1 amide bonds. The lowest BCUT2D eigenvalue weighted by Gasteiger charge is -2.33. The highest BCUT2D eigenvalue weighted by Gasteiger charge is 2.34. The van der Waals surface area contributed by atoms with Crippen LogP contribution in [0, 0.1) is 11.3 Å². The van der Waals surface area contributed by atoms with Gasteiger partial charge in [-0.1, -0.05) is 34.6 Å². The van der Waals surface area contributed by atoms with Gasteiger partial charge in [0.15, 0.2) is 0 Å². The first-order chi connectivity index (χ1) is 11.7. The van der Waals surface area contributed by atoms with E-state index in [-0.39, 0.29) is 11.3 Å². The highest BCUT2D eigenvalue weighted by atomic mass is 32.1. The Hall–Kier alpha value is -1.40. The summed E-state index contributed by atoms with van der Waals surface area (Å²) in [5.41, 5.74) is 1.44. The Labute approximate surface area is 154 Å². The van der Waals surface area contributed by atoms with Gasteiger partial charge < -0.3 is 10.4 Å². The fourth-order valence-corrected chi connectivity index (χ4v) is 4.79. The van der Waals surface area contributed by atoms with Crippen molar-refractivity contribution < 1.29 is 14.7 Å². The maximum absolute atomic E-state index is 12.3. The molecule has 0 saturated carbocycles. The molecule has 0 aliphatic heterocycles. The average Bonchev–Trinajstić information content (AvgIpc) is 2.88. The predicted octanol–water partition coefficient (Wildman–Crippen LogP) is 3.88. The molecular weight excluding hydrogens is 336 g/mol. The highest BCUT2D eigenvalue weighted by Crippen LogP contribution is 2.44. The summed E-state index contributed by atoms with van der Waals surface area (Å²) in [6.45, 7) is 12.6. The third kappa shape index (κ3) is 4.61. The first kappa shape index (κ1) is 19.9. The molecule has 0 saturated heterocycles. The topological polar surface area (TPSA) is 69.6 Å². The zero-order valence-corrected chi connectivity index (χ0v) is 16.8. The molecule has 2 rings (SSSR count). The lowest BCUT2D eigenvalue weighted by molar-refractivity contribution is -0.117. The number of carboxylic acid groups (broad SMARTS) is 1. The Bertz CT molecular complexity index is 642. The molecule has 25 heavy (non-hydrogen) atoms. The van der Waals surface area contributed by atoms with Crippen molar-refractivity contribution in [1.29, 1.82) is 0 Å². The van der Waals surface area contributed by atoms with Gasteiger partial charge in [0.05, 0.1) is 12.1 Å². The van der Waals surface area contributed by atoms with Crippen LogP contribution in [-0.4, -0.2) is 41.5 Å². The van der Waals surface area contributed by atoms with Crippen LogP contribution in [0.4, 0.5) is 5.00 Å². The van der Waals surface area contributed by atoms with E-state index < -0.39 is 5.97 Å². The van der Waals surface area contributed by atoms with Crippen molar-refractivity contribution in [2.75, 3.05) is 25.0 Å². The summed E-state index contributed by atoms with van der Waals surface area (Å²) in [4.78, 5) is 27.2. The predicted molar refractivity (Wildman–Crippen MR) is 103 cm³/mol. The van der Waals surface area contributed by atoms with Crippen molar-refractivity contribution in [2.45, 2.75) is 53.9 Å². The average molecular weight is 367 g/mol. The first-order valence-corrected chi connectivity index (χ1v) is 9.89. The van der Waals surface area contributed by atoms with Gasteiger partial charge in [0.2, 0.25) is 5.91 Å². The minimum atomic E-state index is -0.940. The molecule has 0 radical (unpaired) electrons. The second-order valence-corrected chi connectivity index (χ2v) is 8.93. The maximum atomic E-state index is 12.3. The molecular formula is C19H30N2O3S. The van der Waals surface area contributed by atoms with Crippen LogP contribution in [-0.2, 0) is 17.6 Å². The number of thiophene rings is 1. The van der Waals surface area contributed by atoms with Gasteiger partial charge in [0, 0.05) is 4.88 Å². The largest absolute Gasteiger partial charge is 0.478 e. The van der Waals surface area contributed by atoms with Gasteiger partial charge in [-0.3, -0.25) is 9.69 Å². The van der Waals surface area contributed by atoms with Crippen LogP contribution >= 0.6 is 11.3 Å². The SMILES string of the molecule is CCN(CC)CC(=O)Nc1sc2c(c1C(=O)O)CCC(C(C)(C)C)C2. The number of hydrogen-bond acceptors (Lipinski definition) is 4. The number of carbonyl (C=O) groups is 2. The number of fused-ring (bicyclic) bond motifs is 1. The van der Waals surface area contributed by atoms with Crippen LogP contribution in [0.1, 0.15) is 61.8 Å². The molecule has 0 fully saturated rings. The maximum Gasteiger partial charge on any atom is 0.339 e. The third-order valence-electron chi connectivity index (χ3n) is 5.22. The highest BCUT2D eigenvalue weighted by molar-refractivity contribution is 7.17. The molecule has 1 atom stereocenters. The van der Waals surface area contributed by atoms with E-state index in [9.17, 15) is 14.7 Å². The van der Waals surface area contributed by atoms with E-state index >= 15 is 0 Å². The number of likely N-dealkylation sites (N-methyl/N-ethyl adjacent to an activating group) is 1. The molecule has 0 bridgehead atoms. The van der Waals surface area contributed by atoms with Crippen molar-refractivity contribution in [2.24, 2.45) is 11.3 Å². The zero-order chi connectivity index (χ0) is 18.8. The zero-order valence-electron chi connectivity index (χ0n) is 15.9. The number of carbonyl (C=O) groups excluding carboxylic acids is 1. The Morgan fingerprint density at radius 1 is 1.28 bits per heavy atom. The van der Waals surface area contributed by atoms with E-state index in [0.717, 1.165) is 42.8 Å². The van der Waals surface area contributed by atoms with Crippen LogP contribution in [0.25, 0.3) is 0 Å². The summed E-state index contributed by atoms with van der Waals surface area (Å²) >= 11 is 1.45. The Morgan fingerprint density at radius 3 is 2.44 bits per heavy atom. The number of hydrogen-bond donors (Lipinski definition) is 2. The third-order valence-corrected chi connectivity index (χ3v) is 6.39. The number of nitrogens with one attached hydrogen (secondary N) is 1. The summed E-state index contributed by atoms with van der Waals surface area (Å²) in [7, 11) is 0. The summed E-state index contributed by atoms with van der Waals surface area (Å²) < 4.78 is 0. The van der Waals surface area contributed by atoms with Crippen molar-refractivity contribution in [1.82, 2.24) is 4.90 Å². The van der Waals surface area contributed by atoms with E-state index in [0.29, 0.717) is 23.0 Å². The smallest absolute Gasteiger partial charge is 0.339 e. The molecule has 0 aromatic carbocycles. The van der Waals surface area contributed by atoms with Crippen LogP contribution in [0.2, 0.25) is 0 Å². The molecule has 1 unspecified atom stereocenters. The molecule has 140 valence electrons. The summed E-state index contributed by atoms with van der Waals surface area (Å²) in [6.07, 6.45) is 2.68. The van der Waals surface area contributed by atoms with Crippen LogP contribution in [0.3, 0.4) is 0 Å². The molecule has 2 N–H and O–H groups in total. The lowest BCUT2D eigenvalue weighted by atomic mass is 9.72. The van der Waals surface area contributed by atoms with Gasteiger partial charge in [-0.05, 0) is 49.2 Å². The Balaban J connectivity index is 2.24. The molecule has 0 spiro atoms. The molecule has 6 heteroatoms. The summed E-state index contributed by atoms with van der Waals surface area (Å²) in [5, 5.41) is 13.0. The number of carboxylic acids is 1. The van der Waals surface area contributed by atoms with Gasteiger partial charge in [0.1, 0.15) is 5.00 Å². The molecule has 5 nitrogen and oxygen atoms in total. The van der Waals surface area contributed by atoms with E-state index in [1.165, 1.54) is 11.3 Å². The van der Waals surface area contributed by atoms with E-state index in [4.69, 9.17) is 0 Å². The van der Waals surface area contributed by atoms with Crippen LogP contribution in [0.5, 0.6) is 0 Å². The molecule has 1 aliphatic carbocycles. The van der Waals surface area contributed by atoms with Gasteiger partial charge >= 0.3 is 5.97 Å². The summed E-state index contributed by atoms with van der Waals surface area (Å²) in [6, 6.07) is 0. The van der Waals surface area contributed by atoms with Gasteiger partial charge in [0.25, 0.3) is 0 Å². The first-order valence-electron chi connectivity index (χ1n) is 9.07. The van der Waals surface area contributed by atoms with Crippen LogP contribution < -0.4 is 5.32 Å². The van der Waals surface area contributed by atoms with Gasteiger partial charge in [-0.15, -0.1) is 11.3 Å². The second kappa shape index (κ2) is 7.87. The number of rotatable bonds is 6. The van der Waals surface area contributed by atoms with Crippen molar-refractivity contribution in [3.63, 3.8) is 0 Å². The minimum Gasteiger partial charge on any atom is -0.478 e. The van der Waals surface area contributed by atoms with Crippen molar-refractivity contribution in [3.8, 4) is 0 Å². The monoisotopic (exact) mass is 366 g/mol. The number of amides is 1. The van der Waals surface area contributed by atoms with E-state index in [2.05, 4.69) is 26.1 Å². The number of aromatic carboxylic acids is 1. The van der Waals surface area contributed by atoms with E-state index in [1.54, 1.807) is 0 Å². The molecule has 1 aromatic heterocycles. The van der Waals surface area contributed by atoms with Gasteiger partial charge in [-0.2, -0.15) is 0 Å². The van der Waals surface area contributed by atoms with Gasteiger partial charge in [-0.25, -0.2) is 4.79 Å². The van der Waals surface area contributed by atoms with Crippen molar-refractivity contribution >= 4 is 28.2 Å². The minimum absolute atomic E-state index is 0.142. The lowest BCUT2D eigenvalue weighted by Crippen LogP contribution is -2.33. The Morgan fingerprint density at radius 2 is 1.92 bits per heavy atom. The molecule has 1 aromatic rings. The Kier molecular flexibility index (Phi) is 6.27. The van der Waals surface area contributed by atoms with E-state index in [1.807, 2.05) is 18.7 Å². The fourth-order valence-electron chi connectivity index (χ4n) is 3.46. The molecule has 1 aliphatic rings. The quantitative estimate of drug-likeness (QED) is 0.802. The molecule has 1 heterocycles. The summed E-state index contributed by atoms with van der Waals surface area (Å²) in [5.74, 6) is -0.540. The normalized spacial score (nSPS) is 17.4. The fraction of sp³-hybridized carbons (Fsp3) is 0.684. The van der Waals surface area contributed by atoms with Crippen LogP contribution in [0.15, 0.2) is 0 Å². The number of nitrogens with zero attached hydrogens (tertiary/aromatic N) is 1. The second-order valence-electron chi connectivity index (χ2n) is 7.83. The standard InChI is InChI=1S/C19H30N2O3S/c1-6-21(7-2)11-15(22)20-17-16(18(23)24)13-9-8-12(19(3,4)5)10-14(13)25-17/h12H,6-11H2,1-5H3,(H,20,22)(H,23,24). The number of anilines is 1.